The summed E-state index contributed by atoms with van der Waals surface area (Å²) in [5.41, 5.74) is 1.78. The van der Waals surface area contributed by atoms with Crippen molar-refractivity contribution in [3.8, 4) is 23.0 Å². The molecule has 0 atom stereocenters. The fourth-order valence-electron chi connectivity index (χ4n) is 2.46. The average molecular weight is 370 g/mol. The van der Waals surface area contributed by atoms with E-state index in [-0.39, 0.29) is 0 Å². The van der Waals surface area contributed by atoms with E-state index in [2.05, 4.69) is 9.98 Å². The third-order valence-corrected chi connectivity index (χ3v) is 3.91. The maximum Gasteiger partial charge on any atom is 0.127 e. The number of aliphatic imine (C=N–C) groups is 2. The molecule has 0 spiro atoms. The van der Waals surface area contributed by atoms with E-state index in [4.69, 9.17) is 18.9 Å². The number of benzene rings is 2. The Kier molecular flexibility index (Phi) is 8.16. The molecule has 27 heavy (non-hydrogen) atoms. The molecule has 6 heteroatoms. The predicted octanol–water partition coefficient (Wildman–Crippen LogP) is 3.65. The Hall–Kier alpha value is -3.02. The van der Waals surface area contributed by atoms with Crippen LogP contribution in [0.15, 0.2) is 46.4 Å². The van der Waals surface area contributed by atoms with E-state index in [0.717, 1.165) is 40.5 Å². The Bertz CT molecular complexity index is 722. The van der Waals surface area contributed by atoms with Crippen LogP contribution in [0, 0.1) is 0 Å². The fourth-order valence-corrected chi connectivity index (χ4v) is 2.46. The van der Waals surface area contributed by atoms with Gasteiger partial charge in [0.15, 0.2) is 0 Å². The molecule has 0 heterocycles. The lowest BCUT2D eigenvalue weighted by atomic mass is 10.2. The summed E-state index contributed by atoms with van der Waals surface area (Å²) in [7, 11) is 6.55. The first-order valence-corrected chi connectivity index (χ1v) is 8.65. The molecule has 6 nitrogen and oxygen atoms in total. The van der Waals surface area contributed by atoms with Crippen LogP contribution in [0.25, 0.3) is 0 Å². The van der Waals surface area contributed by atoms with E-state index < -0.39 is 0 Å². The van der Waals surface area contributed by atoms with Crippen molar-refractivity contribution in [1.82, 2.24) is 0 Å². The number of nitrogens with zero attached hydrogens (tertiary/aromatic N) is 2. The van der Waals surface area contributed by atoms with Crippen molar-refractivity contribution < 1.29 is 18.9 Å². The molecular formula is C21H26N2O4. The van der Waals surface area contributed by atoms with Crippen molar-refractivity contribution in [1.29, 1.82) is 0 Å². The Labute approximate surface area is 160 Å². The fraction of sp³-hybridized carbons (Fsp3) is 0.333. The summed E-state index contributed by atoms with van der Waals surface area (Å²) in [6.07, 6.45) is 4.44. The van der Waals surface area contributed by atoms with Crippen molar-refractivity contribution in [3.05, 3.63) is 47.5 Å². The van der Waals surface area contributed by atoms with Gasteiger partial charge in [-0.25, -0.2) is 0 Å². The highest BCUT2D eigenvalue weighted by Crippen LogP contribution is 2.23. The summed E-state index contributed by atoms with van der Waals surface area (Å²) >= 11 is 0. The maximum atomic E-state index is 5.34. The Balaban J connectivity index is 1.87. The minimum absolute atomic E-state index is 0.674. The van der Waals surface area contributed by atoms with Crippen molar-refractivity contribution >= 4 is 12.4 Å². The third kappa shape index (κ3) is 6.02. The van der Waals surface area contributed by atoms with E-state index in [0.29, 0.717) is 13.1 Å². The summed E-state index contributed by atoms with van der Waals surface area (Å²) in [6.45, 7) is 1.35. The molecule has 0 aliphatic rings. The molecule has 0 N–H and O–H groups in total. The molecule has 0 unspecified atom stereocenters. The third-order valence-electron chi connectivity index (χ3n) is 3.91. The summed E-state index contributed by atoms with van der Waals surface area (Å²) in [5.74, 6) is 3.08. The van der Waals surface area contributed by atoms with E-state index >= 15 is 0 Å². The van der Waals surface area contributed by atoms with Crippen LogP contribution in [0.5, 0.6) is 23.0 Å². The van der Waals surface area contributed by atoms with Gasteiger partial charge in [0.2, 0.25) is 0 Å². The second-order valence-electron chi connectivity index (χ2n) is 5.64. The molecule has 0 aromatic heterocycles. The monoisotopic (exact) mass is 370 g/mol. The topological polar surface area (TPSA) is 61.6 Å². The van der Waals surface area contributed by atoms with Crippen LogP contribution in [0.4, 0.5) is 0 Å². The number of rotatable bonds is 10. The molecule has 0 aliphatic heterocycles. The van der Waals surface area contributed by atoms with Crippen molar-refractivity contribution in [2.24, 2.45) is 9.98 Å². The molecule has 0 aliphatic carbocycles. The standard InChI is InChI=1S/C21H26N2O4/c1-24-18-6-8-20(26-3)16(12-18)14-22-10-5-11-23-15-17-13-19(25-2)7-9-21(17)27-4/h6-9,12-15H,5,10-11H2,1-4H3. The zero-order valence-corrected chi connectivity index (χ0v) is 16.3. The molecule has 2 aromatic rings. The molecular weight excluding hydrogens is 344 g/mol. The Morgan fingerprint density at radius 2 is 1.11 bits per heavy atom. The van der Waals surface area contributed by atoms with Crippen LogP contribution >= 0.6 is 0 Å². The van der Waals surface area contributed by atoms with Crippen LogP contribution < -0.4 is 18.9 Å². The largest absolute Gasteiger partial charge is 0.497 e. The van der Waals surface area contributed by atoms with Crippen LogP contribution in [-0.2, 0) is 0 Å². The van der Waals surface area contributed by atoms with Crippen molar-refractivity contribution in [3.63, 3.8) is 0 Å². The van der Waals surface area contributed by atoms with Gasteiger partial charge in [-0.05, 0) is 42.8 Å². The van der Waals surface area contributed by atoms with Gasteiger partial charge in [-0.3, -0.25) is 9.98 Å². The summed E-state index contributed by atoms with van der Waals surface area (Å²) in [4.78, 5) is 8.90. The summed E-state index contributed by atoms with van der Waals surface area (Å²) < 4.78 is 21.1. The molecule has 0 amide bonds. The van der Waals surface area contributed by atoms with E-state index in [1.807, 2.05) is 36.4 Å². The highest BCUT2D eigenvalue weighted by Gasteiger charge is 2.03. The molecule has 0 bridgehead atoms. The molecule has 0 saturated carbocycles. The van der Waals surface area contributed by atoms with Crippen LogP contribution in [0.1, 0.15) is 17.5 Å². The smallest absolute Gasteiger partial charge is 0.127 e. The first kappa shape index (κ1) is 20.3. The SMILES string of the molecule is COc1ccc(OC)c(C=NCCCN=Cc2cc(OC)ccc2OC)c1. The maximum absolute atomic E-state index is 5.34. The molecule has 0 saturated heterocycles. The van der Waals surface area contributed by atoms with Crippen LogP contribution in [0.3, 0.4) is 0 Å². The van der Waals surface area contributed by atoms with Crippen LogP contribution in [0.2, 0.25) is 0 Å². The highest BCUT2D eigenvalue weighted by atomic mass is 16.5. The lowest BCUT2D eigenvalue weighted by Gasteiger charge is -2.07. The molecule has 2 rings (SSSR count). The quantitative estimate of drug-likeness (QED) is 0.473. The second kappa shape index (κ2) is 10.9. The van der Waals surface area contributed by atoms with Gasteiger partial charge >= 0.3 is 0 Å². The van der Waals surface area contributed by atoms with E-state index in [1.54, 1.807) is 40.9 Å². The second-order valence-corrected chi connectivity index (χ2v) is 5.64. The van der Waals surface area contributed by atoms with Crippen molar-refractivity contribution in [2.45, 2.75) is 6.42 Å². The number of hydrogen-bond donors (Lipinski definition) is 0. The molecule has 2 aromatic carbocycles. The van der Waals surface area contributed by atoms with Gasteiger partial charge in [-0.15, -0.1) is 0 Å². The normalized spacial score (nSPS) is 11.1. The minimum Gasteiger partial charge on any atom is -0.497 e. The van der Waals surface area contributed by atoms with Gasteiger partial charge in [-0.1, -0.05) is 0 Å². The van der Waals surface area contributed by atoms with Gasteiger partial charge in [-0.2, -0.15) is 0 Å². The Morgan fingerprint density at radius 3 is 1.48 bits per heavy atom. The number of hydrogen-bond acceptors (Lipinski definition) is 6. The first-order chi connectivity index (χ1) is 13.2. The van der Waals surface area contributed by atoms with Crippen molar-refractivity contribution in [2.75, 3.05) is 41.5 Å². The number of methoxy groups -OCH3 is 4. The van der Waals surface area contributed by atoms with Gasteiger partial charge < -0.3 is 18.9 Å². The minimum atomic E-state index is 0.674. The van der Waals surface area contributed by atoms with Gasteiger partial charge in [0.05, 0.1) is 28.4 Å². The highest BCUT2D eigenvalue weighted by molar-refractivity contribution is 5.85. The predicted molar refractivity (Wildman–Crippen MR) is 109 cm³/mol. The first-order valence-electron chi connectivity index (χ1n) is 8.65. The zero-order chi connectivity index (χ0) is 19.5. The van der Waals surface area contributed by atoms with Gasteiger partial charge in [0, 0.05) is 36.6 Å². The summed E-state index contributed by atoms with van der Waals surface area (Å²) in [5, 5.41) is 0. The molecule has 0 fully saturated rings. The van der Waals surface area contributed by atoms with E-state index in [9.17, 15) is 0 Å². The van der Waals surface area contributed by atoms with Gasteiger partial charge in [0.25, 0.3) is 0 Å². The van der Waals surface area contributed by atoms with E-state index in [1.165, 1.54) is 0 Å². The molecule has 0 radical (unpaired) electrons. The lowest BCUT2D eigenvalue weighted by molar-refractivity contribution is 0.402. The Morgan fingerprint density at radius 1 is 0.667 bits per heavy atom. The van der Waals surface area contributed by atoms with Gasteiger partial charge in [0.1, 0.15) is 23.0 Å². The zero-order valence-electron chi connectivity index (χ0n) is 16.3. The number of ether oxygens (including phenoxy) is 4. The molecule has 144 valence electrons. The summed E-state index contributed by atoms with van der Waals surface area (Å²) in [6, 6.07) is 11.2. The average Bonchev–Trinajstić information content (AvgIpc) is 2.72. The van der Waals surface area contributed by atoms with Crippen LogP contribution in [-0.4, -0.2) is 54.0 Å². The lowest BCUT2D eigenvalue weighted by Crippen LogP contribution is -1.95.